The van der Waals surface area contributed by atoms with Crippen LogP contribution < -0.4 is 11.5 Å². The number of hydrogen-bond acceptors (Lipinski definition) is 3. The highest BCUT2D eigenvalue weighted by atomic mass is 15.0. The molecule has 0 fully saturated rings. The summed E-state index contributed by atoms with van der Waals surface area (Å²) in [6.45, 7) is 8.38. The molecule has 0 spiro atoms. The Kier molecular flexibility index (Phi) is 11.8. The van der Waals surface area contributed by atoms with Crippen molar-refractivity contribution in [3.05, 3.63) is 174 Å². The van der Waals surface area contributed by atoms with Gasteiger partial charge in [0.25, 0.3) is 0 Å². The summed E-state index contributed by atoms with van der Waals surface area (Å²) in [5, 5.41) is 20.8. The second kappa shape index (κ2) is 16.3. The maximum atomic E-state index is 8.63. The summed E-state index contributed by atoms with van der Waals surface area (Å²) in [6.07, 6.45) is 11.2. The minimum atomic E-state index is -0.101. The molecule has 46 heavy (non-hydrogen) atoms. The predicted molar refractivity (Wildman–Crippen MR) is 200 cm³/mol. The van der Waals surface area contributed by atoms with Gasteiger partial charge in [-0.25, -0.2) is 0 Å². The molecule has 0 saturated heterocycles. The molecule has 5 heteroatoms. The maximum Gasteiger partial charge on any atom is 0.130 e. The molecule has 0 unspecified atom stereocenters. The number of benzene rings is 5. The van der Waals surface area contributed by atoms with Crippen LogP contribution in [0.2, 0.25) is 0 Å². The zero-order chi connectivity index (χ0) is 32.9. The van der Waals surface area contributed by atoms with E-state index in [2.05, 4.69) is 80.2 Å². The molecule has 6 rings (SSSR count). The second-order valence-electron chi connectivity index (χ2n) is 10.6. The van der Waals surface area contributed by atoms with Gasteiger partial charge in [-0.2, -0.15) is 0 Å². The number of hydrogen-bond donors (Lipinski definition) is 4. The van der Waals surface area contributed by atoms with Crippen LogP contribution >= 0.6 is 0 Å². The van der Waals surface area contributed by atoms with E-state index < -0.39 is 0 Å². The average molecular weight is 604 g/mol. The van der Waals surface area contributed by atoms with Crippen molar-refractivity contribution in [1.82, 2.24) is 4.57 Å². The summed E-state index contributed by atoms with van der Waals surface area (Å²) in [5.41, 5.74) is 17.1. The van der Waals surface area contributed by atoms with Crippen molar-refractivity contribution in [2.75, 3.05) is 0 Å². The highest BCUT2D eigenvalue weighted by molar-refractivity contribution is 6.24. The first-order valence-electron chi connectivity index (χ1n) is 15.2. The molecule has 0 aliphatic carbocycles. The predicted octanol–water partition coefficient (Wildman–Crippen LogP) is 9.55. The number of aromatic nitrogens is 1. The fourth-order valence-electron chi connectivity index (χ4n) is 5.03. The topological polar surface area (TPSA) is 105 Å². The van der Waals surface area contributed by atoms with E-state index in [1.165, 1.54) is 28.2 Å². The summed E-state index contributed by atoms with van der Waals surface area (Å²) in [5.74, 6) is 0.146. The van der Waals surface area contributed by atoms with Crippen molar-refractivity contribution >= 4 is 50.3 Å². The van der Waals surface area contributed by atoms with Crippen LogP contribution in [0.3, 0.4) is 0 Å². The van der Waals surface area contributed by atoms with Crippen LogP contribution in [0, 0.1) is 17.7 Å². The van der Waals surface area contributed by atoms with Gasteiger partial charge in [-0.3, -0.25) is 15.4 Å². The third-order valence-corrected chi connectivity index (χ3v) is 7.37. The average Bonchev–Trinajstić information content (AvgIpc) is 3.43. The van der Waals surface area contributed by atoms with Gasteiger partial charge in [0.1, 0.15) is 11.7 Å². The zero-order valence-corrected chi connectivity index (χ0v) is 26.4. The lowest BCUT2D eigenvalue weighted by atomic mass is 10.0. The van der Waals surface area contributed by atoms with Crippen LogP contribution in [0.15, 0.2) is 158 Å². The number of nitrogens with two attached hydrogens (primary N) is 2. The largest absolute Gasteiger partial charge is 0.384 e. The Bertz CT molecular complexity index is 2040. The van der Waals surface area contributed by atoms with Crippen LogP contribution in [0.5, 0.6) is 0 Å². The van der Waals surface area contributed by atoms with Crippen LogP contribution in [0.25, 0.3) is 38.7 Å². The monoisotopic (exact) mass is 603 g/mol. The Balaban J connectivity index is 0.000000198. The third kappa shape index (κ3) is 8.23. The molecule has 5 nitrogen and oxygen atoms in total. The molecule has 1 aromatic heterocycles. The standard InChI is InChI=1S/C22H18N4.C12H15N.C7H8/c1-2-14(22(24)25)13-20(23)26-18-10-6-5-9-17(18)21-16-8-4-3-7-15(16)11-12-19(21)26;1-2-3-4-5-11-6-8-12(10-13)9-7-11;1-7-5-3-2-4-6-7/h2-13,23H,1H2,(H3,24,25);2-9H,10,13H2,1H3;2-6H,1H3/b14-13+,23-20?;3-2-,5-4-;. The summed E-state index contributed by atoms with van der Waals surface area (Å²) in [7, 11) is 0. The van der Waals surface area contributed by atoms with Gasteiger partial charge in [0, 0.05) is 22.9 Å². The highest BCUT2D eigenvalue weighted by Gasteiger charge is 2.15. The molecule has 230 valence electrons. The first-order chi connectivity index (χ1) is 22.4. The van der Waals surface area contributed by atoms with E-state index in [9.17, 15) is 0 Å². The SMILES string of the molecule is C/C=C\C=C/c1ccc(CN)cc1.C=C/C(=C\C(=N)n1c2ccccc2c2c3ccccc3ccc21)C(=N)N.Cc1ccccc1. The molecule has 0 aliphatic heterocycles. The molecule has 6 aromatic rings. The van der Waals surface area contributed by atoms with Gasteiger partial charge in [-0.15, -0.1) is 0 Å². The van der Waals surface area contributed by atoms with Crippen molar-refractivity contribution < 1.29 is 0 Å². The van der Waals surface area contributed by atoms with Gasteiger partial charge >= 0.3 is 0 Å². The molecule has 6 N–H and O–H groups in total. The minimum absolute atomic E-state index is 0.101. The molecular weight excluding hydrogens is 562 g/mol. The van der Waals surface area contributed by atoms with Crippen molar-refractivity contribution in [1.29, 1.82) is 10.8 Å². The van der Waals surface area contributed by atoms with Gasteiger partial charge < -0.3 is 11.5 Å². The molecule has 0 amide bonds. The minimum Gasteiger partial charge on any atom is -0.384 e. The van der Waals surface area contributed by atoms with E-state index in [1.807, 2.05) is 84.3 Å². The smallest absolute Gasteiger partial charge is 0.130 e. The van der Waals surface area contributed by atoms with Gasteiger partial charge in [-0.1, -0.05) is 146 Å². The first-order valence-corrected chi connectivity index (χ1v) is 15.2. The van der Waals surface area contributed by atoms with Gasteiger partial charge in [0.05, 0.1) is 11.0 Å². The summed E-state index contributed by atoms with van der Waals surface area (Å²) < 4.78 is 1.89. The number of aryl methyl sites for hydroxylation is 1. The third-order valence-electron chi connectivity index (χ3n) is 7.37. The Morgan fingerprint density at radius 1 is 0.761 bits per heavy atom. The molecule has 1 heterocycles. The Hall–Kier alpha value is -5.78. The maximum absolute atomic E-state index is 8.63. The van der Waals surface area contributed by atoms with E-state index in [4.69, 9.17) is 22.3 Å². The lowest BCUT2D eigenvalue weighted by Crippen LogP contribution is -2.15. The van der Waals surface area contributed by atoms with E-state index in [-0.39, 0.29) is 11.7 Å². The van der Waals surface area contributed by atoms with E-state index in [0.29, 0.717) is 12.1 Å². The van der Waals surface area contributed by atoms with Crippen molar-refractivity contribution in [3.63, 3.8) is 0 Å². The quantitative estimate of drug-likeness (QED) is 0.0865. The Morgan fingerprint density at radius 3 is 2.02 bits per heavy atom. The van der Waals surface area contributed by atoms with E-state index >= 15 is 0 Å². The number of nitrogens with zero attached hydrogens (tertiary/aromatic N) is 1. The van der Waals surface area contributed by atoms with E-state index in [1.54, 1.807) is 6.08 Å². The van der Waals surface area contributed by atoms with Crippen molar-refractivity contribution in [3.8, 4) is 0 Å². The van der Waals surface area contributed by atoms with Crippen LogP contribution in [0.4, 0.5) is 0 Å². The molecule has 0 aliphatic rings. The lowest BCUT2D eigenvalue weighted by Gasteiger charge is -2.08. The highest BCUT2D eigenvalue weighted by Crippen LogP contribution is 2.34. The first kappa shape index (κ1) is 33.1. The van der Waals surface area contributed by atoms with Crippen LogP contribution in [0.1, 0.15) is 23.6 Å². The number of amidine groups is 1. The van der Waals surface area contributed by atoms with Crippen LogP contribution in [-0.4, -0.2) is 16.2 Å². The molecular formula is C41H41N5. The summed E-state index contributed by atoms with van der Waals surface area (Å²) >= 11 is 0. The summed E-state index contributed by atoms with van der Waals surface area (Å²) in [6, 6.07) is 39.0. The number of nitrogens with one attached hydrogen (secondary N) is 2. The second-order valence-corrected chi connectivity index (χ2v) is 10.6. The number of rotatable bonds is 6. The number of para-hydroxylation sites is 1. The lowest BCUT2D eigenvalue weighted by molar-refractivity contribution is 1.07. The van der Waals surface area contributed by atoms with Gasteiger partial charge in [-0.05, 0) is 54.0 Å². The Morgan fingerprint density at radius 2 is 1.41 bits per heavy atom. The molecule has 0 bridgehead atoms. The number of fused-ring (bicyclic) bond motifs is 5. The fourth-order valence-corrected chi connectivity index (χ4v) is 5.03. The fraction of sp³-hybridized carbons (Fsp3) is 0.0732. The van der Waals surface area contributed by atoms with Gasteiger partial charge in [0.15, 0.2) is 0 Å². The number of allylic oxidation sites excluding steroid dienone is 4. The molecule has 5 aromatic carbocycles. The Labute approximate surface area is 271 Å². The van der Waals surface area contributed by atoms with Crippen molar-refractivity contribution in [2.45, 2.75) is 20.4 Å². The normalized spacial score (nSPS) is 11.3. The molecule has 0 saturated carbocycles. The summed E-state index contributed by atoms with van der Waals surface area (Å²) in [4.78, 5) is 0. The molecule has 0 atom stereocenters. The molecule has 0 radical (unpaired) electrons. The zero-order valence-electron chi connectivity index (χ0n) is 26.4. The van der Waals surface area contributed by atoms with Crippen molar-refractivity contribution in [2.24, 2.45) is 11.5 Å². The van der Waals surface area contributed by atoms with Gasteiger partial charge in [0.2, 0.25) is 0 Å². The van der Waals surface area contributed by atoms with Crippen LogP contribution in [-0.2, 0) is 6.54 Å². The van der Waals surface area contributed by atoms with E-state index in [0.717, 1.165) is 27.2 Å².